The number of halogens is 1. The average molecular weight is 435 g/mol. The van der Waals surface area contributed by atoms with Crippen LogP contribution in [0.25, 0.3) is 0 Å². The van der Waals surface area contributed by atoms with Crippen LogP contribution in [0.1, 0.15) is 31.7 Å². The molecule has 0 aromatic heterocycles. The van der Waals surface area contributed by atoms with Gasteiger partial charge in [0, 0.05) is 19.6 Å². The molecule has 1 aromatic carbocycles. The van der Waals surface area contributed by atoms with E-state index in [0.29, 0.717) is 0 Å². The van der Waals surface area contributed by atoms with Crippen LogP contribution in [0.2, 0.25) is 0 Å². The number of hydrogen-bond acceptors (Lipinski definition) is 2. The lowest BCUT2D eigenvalue weighted by Crippen LogP contribution is -2.37. The van der Waals surface area contributed by atoms with E-state index in [1.54, 1.807) is 0 Å². The largest absolute Gasteiger partial charge is 0.357 e. The minimum absolute atomic E-state index is 0. The van der Waals surface area contributed by atoms with Gasteiger partial charge in [0.2, 0.25) is 0 Å². The van der Waals surface area contributed by atoms with Gasteiger partial charge in [-0.25, -0.2) is 0 Å². The number of unbranched alkanes of at least 4 members (excludes halogenated alkanes) is 1. The van der Waals surface area contributed by atoms with Crippen LogP contribution in [0.4, 0.5) is 0 Å². The molecule has 3 nitrogen and oxygen atoms in total. The van der Waals surface area contributed by atoms with Crippen LogP contribution in [0.15, 0.2) is 35.3 Å². The topological polar surface area (TPSA) is 36.4 Å². The molecule has 0 heterocycles. The molecule has 0 aliphatic heterocycles. The highest BCUT2D eigenvalue weighted by atomic mass is 127. The van der Waals surface area contributed by atoms with E-state index in [9.17, 15) is 0 Å². The maximum atomic E-state index is 4.64. The molecule has 126 valence electrons. The highest BCUT2D eigenvalue weighted by Gasteiger charge is 1.97. The fraction of sp³-hybridized carbons (Fsp3) is 0.588. The SMILES string of the molecule is CCNC(=NCCCc1ccccc1)NCCCCSC.I. The fourth-order valence-electron chi connectivity index (χ4n) is 2.04. The Morgan fingerprint density at radius 2 is 1.86 bits per heavy atom. The van der Waals surface area contributed by atoms with Crippen LogP contribution in [0.5, 0.6) is 0 Å². The van der Waals surface area contributed by atoms with E-state index in [4.69, 9.17) is 0 Å². The highest BCUT2D eigenvalue weighted by molar-refractivity contribution is 14.0. The molecule has 5 heteroatoms. The first kappa shape index (κ1) is 21.6. The van der Waals surface area contributed by atoms with Gasteiger partial charge in [0.15, 0.2) is 5.96 Å². The van der Waals surface area contributed by atoms with E-state index in [-0.39, 0.29) is 24.0 Å². The molecule has 0 radical (unpaired) electrons. The molecule has 0 saturated carbocycles. The maximum Gasteiger partial charge on any atom is 0.191 e. The third-order valence-electron chi connectivity index (χ3n) is 3.15. The molecule has 0 aliphatic carbocycles. The zero-order chi connectivity index (χ0) is 15.2. The average Bonchev–Trinajstić information content (AvgIpc) is 2.52. The van der Waals surface area contributed by atoms with Crippen molar-refractivity contribution in [1.82, 2.24) is 10.6 Å². The van der Waals surface area contributed by atoms with Gasteiger partial charge in [-0.15, -0.1) is 24.0 Å². The molecular formula is C17H30IN3S. The number of nitrogens with one attached hydrogen (secondary N) is 2. The van der Waals surface area contributed by atoms with Gasteiger partial charge in [-0.05, 0) is 50.2 Å². The first-order valence-corrected chi connectivity index (χ1v) is 9.31. The Balaban J connectivity index is 0.00000441. The minimum atomic E-state index is 0. The monoisotopic (exact) mass is 435 g/mol. The van der Waals surface area contributed by atoms with Crippen molar-refractivity contribution in [2.24, 2.45) is 4.99 Å². The molecule has 0 unspecified atom stereocenters. The van der Waals surface area contributed by atoms with Crippen molar-refractivity contribution >= 4 is 41.7 Å². The quantitative estimate of drug-likeness (QED) is 0.253. The highest BCUT2D eigenvalue weighted by Crippen LogP contribution is 2.02. The molecule has 0 aliphatic rings. The standard InChI is InChI=1S/C17H29N3S.HI/c1-3-18-17(19-13-7-8-15-21-2)20-14-9-12-16-10-5-4-6-11-16;/h4-6,10-11H,3,7-9,12-15H2,1-2H3,(H2,18,19,20);1H. The van der Waals surface area contributed by atoms with Crippen LogP contribution >= 0.6 is 35.7 Å². The third kappa shape index (κ3) is 11.2. The number of aryl methyl sites for hydroxylation is 1. The van der Waals surface area contributed by atoms with Gasteiger partial charge in [0.25, 0.3) is 0 Å². The van der Waals surface area contributed by atoms with Crippen molar-refractivity contribution in [1.29, 1.82) is 0 Å². The molecule has 22 heavy (non-hydrogen) atoms. The van der Waals surface area contributed by atoms with Crippen molar-refractivity contribution in [3.63, 3.8) is 0 Å². The number of thioether (sulfide) groups is 1. The molecule has 0 atom stereocenters. The molecule has 0 spiro atoms. The first-order valence-electron chi connectivity index (χ1n) is 7.92. The first-order chi connectivity index (χ1) is 10.4. The second kappa shape index (κ2) is 15.5. The summed E-state index contributed by atoms with van der Waals surface area (Å²) < 4.78 is 0. The van der Waals surface area contributed by atoms with E-state index >= 15 is 0 Å². The van der Waals surface area contributed by atoms with Gasteiger partial charge in [-0.3, -0.25) is 4.99 Å². The summed E-state index contributed by atoms with van der Waals surface area (Å²) in [6, 6.07) is 10.6. The predicted molar refractivity (Wildman–Crippen MR) is 112 cm³/mol. The van der Waals surface area contributed by atoms with Gasteiger partial charge in [0.05, 0.1) is 0 Å². The molecular weight excluding hydrogens is 405 g/mol. The summed E-state index contributed by atoms with van der Waals surface area (Å²) in [6.07, 6.45) is 6.81. The Labute approximate surface area is 157 Å². The molecule has 2 N–H and O–H groups in total. The van der Waals surface area contributed by atoms with Crippen molar-refractivity contribution in [2.45, 2.75) is 32.6 Å². The zero-order valence-corrected chi connectivity index (χ0v) is 17.0. The number of rotatable bonds is 10. The predicted octanol–water partition coefficient (Wildman–Crippen LogP) is 3.94. The Bertz CT molecular complexity index is 385. The normalized spacial score (nSPS) is 10.9. The van der Waals surface area contributed by atoms with Crippen molar-refractivity contribution in [3.8, 4) is 0 Å². The van der Waals surface area contributed by atoms with E-state index in [1.165, 1.54) is 24.2 Å². The number of aliphatic imine (C=N–C) groups is 1. The Hall–Kier alpha value is -0.430. The Morgan fingerprint density at radius 1 is 1.09 bits per heavy atom. The van der Waals surface area contributed by atoms with Crippen molar-refractivity contribution < 1.29 is 0 Å². The summed E-state index contributed by atoms with van der Waals surface area (Å²) in [5.41, 5.74) is 1.39. The maximum absolute atomic E-state index is 4.64. The van der Waals surface area contributed by atoms with Crippen LogP contribution < -0.4 is 10.6 Å². The molecule has 1 aromatic rings. The summed E-state index contributed by atoms with van der Waals surface area (Å²) in [7, 11) is 0. The third-order valence-corrected chi connectivity index (χ3v) is 3.85. The van der Waals surface area contributed by atoms with Gasteiger partial charge in [-0.1, -0.05) is 30.3 Å². The van der Waals surface area contributed by atoms with Gasteiger partial charge in [0.1, 0.15) is 0 Å². The summed E-state index contributed by atoms with van der Waals surface area (Å²) in [6.45, 7) is 4.89. The summed E-state index contributed by atoms with van der Waals surface area (Å²) in [5, 5.41) is 6.71. The number of hydrogen-bond donors (Lipinski definition) is 2. The van der Waals surface area contributed by atoms with Crippen LogP contribution in [-0.2, 0) is 6.42 Å². The molecule has 0 fully saturated rings. The van der Waals surface area contributed by atoms with E-state index in [0.717, 1.165) is 38.4 Å². The number of nitrogens with zero attached hydrogens (tertiary/aromatic N) is 1. The summed E-state index contributed by atoms with van der Waals surface area (Å²) in [5.74, 6) is 2.20. The minimum Gasteiger partial charge on any atom is -0.357 e. The van der Waals surface area contributed by atoms with E-state index < -0.39 is 0 Å². The van der Waals surface area contributed by atoms with Crippen molar-refractivity contribution in [2.75, 3.05) is 31.6 Å². The van der Waals surface area contributed by atoms with Crippen LogP contribution in [0, 0.1) is 0 Å². The molecule has 1 rings (SSSR count). The van der Waals surface area contributed by atoms with Crippen LogP contribution in [-0.4, -0.2) is 37.6 Å². The lowest BCUT2D eigenvalue weighted by atomic mass is 10.1. The second-order valence-electron chi connectivity index (χ2n) is 4.98. The van der Waals surface area contributed by atoms with Crippen molar-refractivity contribution in [3.05, 3.63) is 35.9 Å². The smallest absolute Gasteiger partial charge is 0.191 e. The van der Waals surface area contributed by atoms with E-state index in [2.05, 4.69) is 59.1 Å². The molecule has 0 saturated heterocycles. The molecule has 0 bridgehead atoms. The zero-order valence-electron chi connectivity index (χ0n) is 13.8. The Kier molecular flexibility index (Phi) is 15.2. The summed E-state index contributed by atoms with van der Waals surface area (Å²) in [4.78, 5) is 4.64. The summed E-state index contributed by atoms with van der Waals surface area (Å²) >= 11 is 1.91. The lowest BCUT2D eigenvalue weighted by molar-refractivity contribution is 0.729. The number of benzene rings is 1. The lowest BCUT2D eigenvalue weighted by Gasteiger charge is -2.11. The second-order valence-corrected chi connectivity index (χ2v) is 5.96. The van der Waals surface area contributed by atoms with Gasteiger partial charge in [-0.2, -0.15) is 11.8 Å². The molecule has 0 amide bonds. The van der Waals surface area contributed by atoms with Gasteiger partial charge >= 0.3 is 0 Å². The fourth-order valence-corrected chi connectivity index (χ4v) is 2.53. The Morgan fingerprint density at radius 3 is 2.55 bits per heavy atom. The van der Waals surface area contributed by atoms with Crippen LogP contribution in [0.3, 0.4) is 0 Å². The van der Waals surface area contributed by atoms with E-state index in [1.807, 2.05) is 11.8 Å². The van der Waals surface area contributed by atoms with Gasteiger partial charge < -0.3 is 10.6 Å². The number of guanidine groups is 1.